The van der Waals surface area contributed by atoms with Gasteiger partial charge in [0.2, 0.25) is 5.91 Å². The second-order valence-electron chi connectivity index (χ2n) is 5.42. The van der Waals surface area contributed by atoms with Crippen molar-refractivity contribution in [3.63, 3.8) is 0 Å². The summed E-state index contributed by atoms with van der Waals surface area (Å²) >= 11 is 5.67. The Morgan fingerprint density at radius 3 is 2.41 bits per heavy atom. The summed E-state index contributed by atoms with van der Waals surface area (Å²) in [5.41, 5.74) is 4.11. The van der Waals surface area contributed by atoms with Crippen molar-refractivity contribution in [2.45, 2.75) is 13.1 Å². The van der Waals surface area contributed by atoms with Gasteiger partial charge in [-0.2, -0.15) is 13.2 Å². The monoisotopic (exact) mass is 334 g/mol. The molecule has 2 N–H and O–H groups in total. The summed E-state index contributed by atoms with van der Waals surface area (Å²) in [6.07, 6.45) is -4.59. The zero-order chi connectivity index (χ0) is 16.7. The van der Waals surface area contributed by atoms with Crippen molar-refractivity contribution in [3.05, 3.63) is 34.3 Å². The lowest BCUT2D eigenvalue weighted by atomic mass is 9.98. The highest BCUT2D eigenvalue weighted by molar-refractivity contribution is 6.31. The third kappa shape index (κ3) is 3.35. The second-order valence-corrected chi connectivity index (χ2v) is 5.86. The molecule has 2 rings (SSSR count). The van der Waals surface area contributed by atoms with E-state index in [1.54, 1.807) is 6.92 Å². The van der Waals surface area contributed by atoms with Crippen LogP contribution < -0.4 is 5.73 Å². The summed E-state index contributed by atoms with van der Waals surface area (Å²) in [7, 11) is 0. The van der Waals surface area contributed by atoms with E-state index in [0.29, 0.717) is 0 Å². The Morgan fingerprint density at radius 1 is 1.27 bits per heavy atom. The number of likely N-dealkylation sites (tertiary alicyclic amines) is 1. The highest BCUT2D eigenvalue weighted by atomic mass is 35.5. The number of rotatable bonds is 2. The molecule has 1 saturated heterocycles. The van der Waals surface area contributed by atoms with Crippen molar-refractivity contribution >= 4 is 23.4 Å². The van der Waals surface area contributed by atoms with Gasteiger partial charge in [0.25, 0.3) is 5.91 Å². The minimum absolute atomic E-state index is 0.100. The molecule has 1 aliphatic heterocycles. The van der Waals surface area contributed by atoms with Gasteiger partial charge >= 0.3 is 6.18 Å². The maximum absolute atomic E-state index is 12.8. The topological polar surface area (TPSA) is 63.4 Å². The fraction of sp³-hybridized carbons (Fsp3) is 0.429. The van der Waals surface area contributed by atoms with Gasteiger partial charge in [-0.05, 0) is 24.1 Å². The number of hydrogen-bond acceptors (Lipinski definition) is 2. The Morgan fingerprint density at radius 2 is 1.91 bits per heavy atom. The summed E-state index contributed by atoms with van der Waals surface area (Å²) in [5.74, 6) is -1.75. The smallest absolute Gasteiger partial charge is 0.369 e. The molecule has 120 valence electrons. The van der Waals surface area contributed by atoms with Crippen LogP contribution in [0.1, 0.15) is 22.8 Å². The van der Waals surface area contributed by atoms with Crippen LogP contribution in [-0.2, 0) is 11.0 Å². The fourth-order valence-corrected chi connectivity index (χ4v) is 2.80. The van der Waals surface area contributed by atoms with E-state index >= 15 is 0 Å². The van der Waals surface area contributed by atoms with Crippen LogP contribution in [0.25, 0.3) is 0 Å². The zero-order valence-electron chi connectivity index (χ0n) is 11.7. The predicted octanol–water partition coefficient (Wildman–Crippen LogP) is 2.55. The van der Waals surface area contributed by atoms with E-state index in [-0.39, 0.29) is 29.6 Å². The molecule has 1 aromatic rings. The van der Waals surface area contributed by atoms with E-state index < -0.39 is 29.5 Å². The van der Waals surface area contributed by atoms with Gasteiger partial charge in [-0.3, -0.25) is 9.59 Å². The SMILES string of the molecule is C[C@@H]1CN(C(=O)c2cc(Cl)cc(C(F)(F)F)c2)C[C@H]1C(N)=O. The van der Waals surface area contributed by atoms with E-state index in [1.807, 2.05) is 0 Å². The van der Waals surface area contributed by atoms with Crippen molar-refractivity contribution in [1.29, 1.82) is 0 Å². The fourth-order valence-electron chi connectivity index (χ4n) is 2.56. The molecule has 1 fully saturated rings. The molecule has 1 aromatic carbocycles. The number of carbonyl (C=O) groups is 2. The summed E-state index contributed by atoms with van der Waals surface area (Å²) in [4.78, 5) is 24.9. The van der Waals surface area contributed by atoms with Crippen molar-refractivity contribution in [2.24, 2.45) is 17.6 Å². The third-order valence-electron chi connectivity index (χ3n) is 3.74. The van der Waals surface area contributed by atoms with Crippen LogP contribution in [0.5, 0.6) is 0 Å². The molecule has 8 heteroatoms. The van der Waals surface area contributed by atoms with Gasteiger partial charge in [0.05, 0.1) is 11.5 Å². The van der Waals surface area contributed by atoms with E-state index in [4.69, 9.17) is 17.3 Å². The average molecular weight is 335 g/mol. The molecule has 0 aromatic heterocycles. The van der Waals surface area contributed by atoms with Crippen LogP contribution >= 0.6 is 11.6 Å². The zero-order valence-corrected chi connectivity index (χ0v) is 12.4. The Balaban J connectivity index is 2.27. The first-order valence-corrected chi connectivity index (χ1v) is 6.93. The van der Waals surface area contributed by atoms with Crippen molar-refractivity contribution < 1.29 is 22.8 Å². The van der Waals surface area contributed by atoms with Gasteiger partial charge in [0, 0.05) is 23.7 Å². The highest BCUT2D eigenvalue weighted by Gasteiger charge is 2.37. The molecule has 1 aliphatic rings. The number of alkyl halides is 3. The largest absolute Gasteiger partial charge is 0.416 e. The summed E-state index contributed by atoms with van der Waals surface area (Å²) in [6.45, 7) is 2.13. The second kappa shape index (κ2) is 5.79. The van der Waals surface area contributed by atoms with E-state index in [9.17, 15) is 22.8 Å². The summed E-state index contributed by atoms with van der Waals surface area (Å²) < 4.78 is 38.3. The van der Waals surface area contributed by atoms with Crippen LogP contribution in [0.3, 0.4) is 0 Å². The van der Waals surface area contributed by atoms with E-state index in [1.165, 1.54) is 11.0 Å². The predicted molar refractivity (Wildman–Crippen MR) is 74.2 cm³/mol. The molecule has 0 unspecified atom stereocenters. The lowest BCUT2D eigenvalue weighted by Crippen LogP contribution is -2.32. The van der Waals surface area contributed by atoms with Gasteiger partial charge in [0.15, 0.2) is 0 Å². The molecular formula is C14H14ClF3N2O2. The van der Waals surface area contributed by atoms with Crippen molar-refractivity contribution in [2.75, 3.05) is 13.1 Å². The van der Waals surface area contributed by atoms with Crippen LogP contribution in [0.4, 0.5) is 13.2 Å². The van der Waals surface area contributed by atoms with Crippen LogP contribution in [0.15, 0.2) is 18.2 Å². The maximum Gasteiger partial charge on any atom is 0.416 e. The molecule has 1 heterocycles. The molecule has 2 amide bonds. The molecule has 0 saturated carbocycles. The Hall–Kier alpha value is -1.76. The van der Waals surface area contributed by atoms with E-state index in [0.717, 1.165) is 12.1 Å². The standard InChI is InChI=1S/C14H14ClF3N2O2/c1-7-5-20(6-11(7)12(19)21)13(22)8-2-9(14(16,17)18)4-10(15)3-8/h2-4,7,11H,5-6H2,1H3,(H2,19,21)/t7-,11-/m1/s1. The first-order valence-electron chi connectivity index (χ1n) is 6.56. The molecular weight excluding hydrogens is 321 g/mol. The number of nitrogens with two attached hydrogens (primary N) is 1. The highest BCUT2D eigenvalue weighted by Crippen LogP contribution is 2.33. The number of carbonyl (C=O) groups excluding carboxylic acids is 2. The number of nitrogens with zero attached hydrogens (tertiary/aromatic N) is 1. The number of halogens is 4. The minimum atomic E-state index is -4.59. The lowest BCUT2D eigenvalue weighted by Gasteiger charge is -2.17. The van der Waals surface area contributed by atoms with E-state index in [2.05, 4.69) is 0 Å². The van der Waals surface area contributed by atoms with Crippen LogP contribution in [-0.4, -0.2) is 29.8 Å². The minimum Gasteiger partial charge on any atom is -0.369 e. The maximum atomic E-state index is 12.8. The first kappa shape index (κ1) is 16.6. The third-order valence-corrected chi connectivity index (χ3v) is 3.96. The molecule has 0 aliphatic carbocycles. The van der Waals surface area contributed by atoms with Gasteiger partial charge in [0.1, 0.15) is 0 Å². The summed E-state index contributed by atoms with van der Waals surface area (Å²) in [5, 5.41) is -0.170. The molecule has 0 bridgehead atoms. The Bertz CT molecular complexity index is 619. The van der Waals surface area contributed by atoms with Crippen molar-refractivity contribution in [3.8, 4) is 0 Å². The average Bonchev–Trinajstić information content (AvgIpc) is 2.78. The van der Waals surface area contributed by atoms with Gasteiger partial charge in [-0.1, -0.05) is 18.5 Å². The summed E-state index contributed by atoms with van der Waals surface area (Å²) in [6, 6.07) is 2.70. The Labute approximate surface area is 130 Å². The molecule has 22 heavy (non-hydrogen) atoms. The van der Waals surface area contributed by atoms with Crippen molar-refractivity contribution in [1.82, 2.24) is 4.90 Å². The molecule has 4 nitrogen and oxygen atoms in total. The first-order chi connectivity index (χ1) is 10.1. The molecule has 0 spiro atoms. The molecule has 2 atom stereocenters. The lowest BCUT2D eigenvalue weighted by molar-refractivity contribution is -0.137. The quantitative estimate of drug-likeness (QED) is 0.903. The normalized spacial score (nSPS) is 22.0. The number of hydrogen-bond donors (Lipinski definition) is 1. The van der Waals surface area contributed by atoms with Crippen LogP contribution in [0.2, 0.25) is 5.02 Å². The number of amides is 2. The number of primary amides is 1. The van der Waals surface area contributed by atoms with Gasteiger partial charge < -0.3 is 10.6 Å². The van der Waals surface area contributed by atoms with Gasteiger partial charge in [-0.15, -0.1) is 0 Å². The van der Waals surface area contributed by atoms with Crippen LogP contribution in [0, 0.1) is 11.8 Å². The Kier molecular flexibility index (Phi) is 4.37. The molecule has 0 radical (unpaired) electrons. The number of benzene rings is 1. The van der Waals surface area contributed by atoms with Gasteiger partial charge in [-0.25, -0.2) is 0 Å².